The van der Waals surface area contributed by atoms with E-state index in [0.29, 0.717) is 30.8 Å². The van der Waals surface area contributed by atoms with Gasteiger partial charge in [0.15, 0.2) is 0 Å². The SMILES string of the molecule is CC[C@H](C(=O)N[C@@H](C)CC)N(Cc1ccc(Cl)cc1)C(=O)CCc1cccc2ccccc12. The minimum Gasteiger partial charge on any atom is -0.352 e. The molecule has 0 bridgehead atoms. The molecule has 1 N–H and O–H groups in total. The molecule has 3 aromatic carbocycles. The standard InChI is InChI=1S/C28H33ClN2O2/c1-4-20(3)30-28(33)26(5-2)31(19-21-13-16-24(29)17-14-21)27(32)18-15-23-11-8-10-22-9-6-7-12-25(22)23/h6-14,16-17,20,26H,4-5,15,18-19H2,1-3H3,(H,30,33)/t20-,26+/m0/s1. The van der Waals surface area contributed by atoms with Crippen LogP contribution in [-0.4, -0.2) is 28.8 Å². The highest BCUT2D eigenvalue weighted by Crippen LogP contribution is 2.21. The smallest absolute Gasteiger partial charge is 0.243 e. The molecule has 0 heterocycles. The maximum absolute atomic E-state index is 13.5. The van der Waals surface area contributed by atoms with Crippen LogP contribution in [0.5, 0.6) is 0 Å². The molecule has 4 nitrogen and oxygen atoms in total. The normalized spacial score (nSPS) is 12.8. The van der Waals surface area contributed by atoms with Gasteiger partial charge in [0.2, 0.25) is 11.8 Å². The van der Waals surface area contributed by atoms with Gasteiger partial charge in [-0.2, -0.15) is 0 Å². The molecule has 0 aromatic heterocycles. The number of carbonyl (C=O) groups is 2. The van der Waals surface area contributed by atoms with Crippen molar-refractivity contribution in [2.45, 2.75) is 65.1 Å². The number of benzene rings is 3. The van der Waals surface area contributed by atoms with Gasteiger partial charge < -0.3 is 10.2 Å². The number of rotatable bonds is 10. The lowest BCUT2D eigenvalue weighted by atomic mass is 10.00. The van der Waals surface area contributed by atoms with Gasteiger partial charge in [0.25, 0.3) is 0 Å². The van der Waals surface area contributed by atoms with Crippen molar-refractivity contribution in [1.82, 2.24) is 10.2 Å². The van der Waals surface area contributed by atoms with Crippen LogP contribution < -0.4 is 5.32 Å². The van der Waals surface area contributed by atoms with Crippen molar-refractivity contribution in [1.29, 1.82) is 0 Å². The molecule has 0 unspecified atom stereocenters. The summed E-state index contributed by atoms with van der Waals surface area (Å²) in [5.41, 5.74) is 2.10. The van der Waals surface area contributed by atoms with E-state index in [-0.39, 0.29) is 17.9 Å². The van der Waals surface area contributed by atoms with Gasteiger partial charge in [-0.1, -0.05) is 80.0 Å². The molecular weight excluding hydrogens is 432 g/mol. The van der Waals surface area contributed by atoms with Crippen molar-refractivity contribution < 1.29 is 9.59 Å². The van der Waals surface area contributed by atoms with E-state index in [1.54, 1.807) is 4.90 Å². The number of hydrogen-bond acceptors (Lipinski definition) is 2. The second-order valence-electron chi connectivity index (χ2n) is 8.53. The molecule has 0 saturated carbocycles. The fourth-order valence-corrected chi connectivity index (χ4v) is 4.17. The minimum atomic E-state index is -0.519. The van der Waals surface area contributed by atoms with Gasteiger partial charge in [-0.05, 0) is 60.2 Å². The van der Waals surface area contributed by atoms with Gasteiger partial charge in [-0.3, -0.25) is 9.59 Å². The van der Waals surface area contributed by atoms with Crippen molar-refractivity contribution in [3.05, 3.63) is 82.9 Å². The molecule has 174 valence electrons. The van der Waals surface area contributed by atoms with Gasteiger partial charge in [-0.25, -0.2) is 0 Å². The Morgan fingerprint density at radius 3 is 2.33 bits per heavy atom. The predicted octanol–water partition coefficient (Wildman–Crippen LogP) is 6.15. The third-order valence-corrected chi connectivity index (χ3v) is 6.39. The molecule has 3 aromatic rings. The Labute approximate surface area is 201 Å². The van der Waals surface area contributed by atoms with Gasteiger partial charge in [0, 0.05) is 24.0 Å². The first-order valence-electron chi connectivity index (χ1n) is 11.7. The highest BCUT2D eigenvalue weighted by atomic mass is 35.5. The molecule has 33 heavy (non-hydrogen) atoms. The largest absolute Gasteiger partial charge is 0.352 e. The third-order valence-electron chi connectivity index (χ3n) is 6.14. The maximum atomic E-state index is 13.5. The van der Waals surface area contributed by atoms with Crippen molar-refractivity contribution in [2.24, 2.45) is 0 Å². The molecule has 2 atom stereocenters. The zero-order valence-electron chi connectivity index (χ0n) is 19.7. The summed E-state index contributed by atoms with van der Waals surface area (Å²) >= 11 is 6.04. The summed E-state index contributed by atoms with van der Waals surface area (Å²) in [6.45, 7) is 6.34. The Balaban J connectivity index is 1.82. The number of carbonyl (C=O) groups excluding carboxylic acids is 2. The second kappa shape index (κ2) is 11.9. The van der Waals surface area contributed by atoms with E-state index in [4.69, 9.17) is 11.6 Å². The number of hydrogen-bond donors (Lipinski definition) is 1. The summed E-state index contributed by atoms with van der Waals surface area (Å²) in [6, 6.07) is 21.4. The van der Waals surface area contributed by atoms with E-state index in [1.807, 2.05) is 63.2 Å². The molecule has 0 aliphatic carbocycles. The first-order valence-corrected chi connectivity index (χ1v) is 12.1. The Hall–Kier alpha value is -2.85. The predicted molar refractivity (Wildman–Crippen MR) is 136 cm³/mol. The van der Waals surface area contributed by atoms with Crippen LogP contribution in [0.3, 0.4) is 0 Å². The lowest BCUT2D eigenvalue weighted by Crippen LogP contribution is -2.50. The zero-order valence-corrected chi connectivity index (χ0v) is 20.4. The van der Waals surface area contributed by atoms with E-state index in [0.717, 1.165) is 17.5 Å². The lowest BCUT2D eigenvalue weighted by Gasteiger charge is -2.31. The van der Waals surface area contributed by atoms with Crippen LogP contribution in [0.2, 0.25) is 5.02 Å². The Morgan fingerprint density at radius 2 is 1.64 bits per heavy atom. The van der Waals surface area contributed by atoms with Crippen LogP contribution in [-0.2, 0) is 22.6 Å². The minimum absolute atomic E-state index is 0.0240. The van der Waals surface area contributed by atoms with E-state index >= 15 is 0 Å². The molecule has 0 spiro atoms. The Kier molecular flexibility index (Phi) is 8.90. The van der Waals surface area contributed by atoms with E-state index < -0.39 is 6.04 Å². The summed E-state index contributed by atoms with van der Waals surface area (Å²) in [6.07, 6.45) is 2.36. The lowest BCUT2D eigenvalue weighted by molar-refractivity contribution is -0.141. The van der Waals surface area contributed by atoms with Gasteiger partial charge in [-0.15, -0.1) is 0 Å². The number of aryl methyl sites for hydroxylation is 1. The molecule has 0 aliphatic heterocycles. The van der Waals surface area contributed by atoms with Crippen molar-refractivity contribution in [3.63, 3.8) is 0 Å². The van der Waals surface area contributed by atoms with E-state index in [2.05, 4.69) is 29.6 Å². The molecular formula is C28H33ClN2O2. The average Bonchev–Trinajstić information content (AvgIpc) is 2.83. The summed E-state index contributed by atoms with van der Waals surface area (Å²) in [5, 5.41) is 6.03. The van der Waals surface area contributed by atoms with Crippen LogP contribution in [0.15, 0.2) is 66.7 Å². The molecule has 0 saturated heterocycles. The molecule has 5 heteroatoms. The third kappa shape index (κ3) is 6.58. The van der Waals surface area contributed by atoms with Gasteiger partial charge in [0.1, 0.15) is 6.04 Å². The summed E-state index contributed by atoms with van der Waals surface area (Å²) in [7, 11) is 0. The first kappa shape index (κ1) is 24.8. The fourth-order valence-electron chi connectivity index (χ4n) is 4.04. The average molecular weight is 465 g/mol. The molecule has 0 fully saturated rings. The summed E-state index contributed by atoms with van der Waals surface area (Å²) < 4.78 is 0. The fraction of sp³-hybridized carbons (Fsp3) is 0.357. The van der Waals surface area contributed by atoms with Crippen LogP contribution in [0.25, 0.3) is 10.8 Å². The van der Waals surface area contributed by atoms with Crippen molar-refractivity contribution in [3.8, 4) is 0 Å². The summed E-state index contributed by atoms with van der Waals surface area (Å²) in [5.74, 6) is -0.122. The quantitative estimate of drug-likeness (QED) is 0.391. The Bertz CT molecular complexity index is 1080. The maximum Gasteiger partial charge on any atom is 0.243 e. The molecule has 2 amide bonds. The van der Waals surface area contributed by atoms with Crippen molar-refractivity contribution in [2.75, 3.05) is 0 Å². The molecule has 3 rings (SSSR count). The van der Waals surface area contributed by atoms with E-state index in [9.17, 15) is 9.59 Å². The first-order chi connectivity index (χ1) is 15.9. The van der Waals surface area contributed by atoms with Gasteiger partial charge >= 0.3 is 0 Å². The summed E-state index contributed by atoms with van der Waals surface area (Å²) in [4.78, 5) is 28.3. The molecule has 0 radical (unpaired) electrons. The van der Waals surface area contributed by atoms with Crippen LogP contribution in [0.4, 0.5) is 0 Å². The van der Waals surface area contributed by atoms with Crippen LogP contribution in [0, 0.1) is 0 Å². The number of halogens is 1. The number of nitrogens with one attached hydrogen (secondary N) is 1. The van der Waals surface area contributed by atoms with Crippen LogP contribution in [0.1, 0.15) is 51.2 Å². The monoisotopic (exact) mass is 464 g/mol. The number of amides is 2. The Morgan fingerprint density at radius 1 is 0.939 bits per heavy atom. The van der Waals surface area contributed by atoms with E-state index in [1.165, 1.54) is 10.8 Å². The zero-order chi connectivity index (χ0) is 23.8. The topological polar surface area (TPSA) is 49.4 Å². The number of nitrogens with zero attached hydrogens (tertiary/aromatic N) is 1. The van der Waals surface area contributed by atoms with Crippen LogP contribution >= 0.6 is 11.6 Å². The number of fused-ring (bicyclic) bond motifs is 1. The highest BCUT2D eigenvalue weighted by molar-refractivity contribution is 6.30. The second-order valence-corrected chi connectivity index (χ2v) is 8.96. The van der Waals surface area contributed by atoms with Crippen molar-refractivity contribution >= 4 is 34.2 Å². The van der Waals surface area contributed by atoms with Gasteiger partial charge in [0.05, 0.1) is 0 Å². The highest BCUT2D eigenvalue weighted by Gasteiger charge is 2.29. The molecule has 0 aliphatic rings.